The molecule has 19 N–H and O–H groups in total. The molecule has 2 amide bonds. The third-order valence-corrected chi connectivity index (χ3v) is 21.2. The predicted molar refractivity (Wildman–Crippen MR) is 380 cm³/mol. The lowest BCUT2D eigenvalue weighted by atomic mass is 9.86. The molecule has 28 atom stereocenters. The predicted octanol–water partition coefficient (Wildman–Crippen LogP) is 0.272. The van der Waals surface area contributed by atoms with Crippen LogP contribution in [0.15, 0.2) is 0 Å². The van der Waals surface area contributed by atoms with E-state index in [9.17, 15) is 106 Å². The second-order valence-electron chi connectivity index (χ2n) is 30.0. The van der Waals surface area contributed by atoms with Gasteiger partial charge < -0.3 is 150 Å². The van der Waals surface area contributed by atoms with Gasteiger partial charge in [-0.2, -0.15) is 0 Å². The highest BCUT2D eigenvalue weighted by molar-refractivity contribution is 5.77. The quantitative estimate of drug-likeness (QED) is 0.0364. The number of unbranched alkanes of at least 4 members (excludes halogenated alkanes) is 26. The van der Waals surface area contributed by atoms with Gasteiger partial charge in [-0.25, -0.2) is 4.79 Å². The fourth-order valence-electron chi connectivity index (χ4n) is 14.9. The van der Waals surface area contributed by atoms with E-state index in [-0.39, 0.29) is 18.7 Å². The number of aliphatic hydroxyl groups excluding tert-OH is 16. The summed E-state index contributed by atoms with van der Waals surface area (Å²) in [6, 6.07) is -2.80. The smallest absolute Gasteiger partial charge is 0.364 e. The van der Waals surface area contributed by atoms with Crippen LogP contribution in [-0.4, -0.2) is 315 Å². The molecule has 0 aliphatic carbocycles. The van der Waals surface area contributed by atoms with Crippen LogP contribution in [0, 0.1) is 5.92 Å². The maximum absolute atomic E-state index is 13.8. The first-order chi connectivity index (χ1) is 51.3. The maximum atomic E-state index is 13.8. The van der Waals surface area contributed by atoms with E-state index < -0.39 is 241 Å². The number of nitrogens with one attached hydrogen (secondary N) is 2. The molecule has 0 aromatic heterocycles. The summed E-state index contributed by atoms with van der Waals surface area (Å²) in [6.07, 6.45) is -18.3. The van der Waals surface area contributed by atoms with Crippen molar-refractivity contribution in [1.29, 1.82) is 0 Å². The van der Waals surface area contributed by atoms with Gasteiger partial charge >= 0.3 is 5.97 Å². The van der Waals surface area contributed by atoms with Gasteiger partial charge in [0.15, 0.2) is 25.2 Å². The van der Waals surface area contributed by atoms with Crippen LogP contribution in [0.5, 0.6) is 0 Å². The standard InChI is InChI=1S/C74H134N2O31/c1-5-7-9-11-13-15-17-19-20-22-24-26-28-30-32-34-54(87)76-46(47(84)33-31-29-27-25-23-21-18-16-14-12-10-8-6-2)42-98-70-62(94)60(92)65(52(40-80)101-70)104-72-63(95)68(107-74(73(96)97)36-48(85)55(75-44(4)83)67(106-74)56(88)49(86)37-77)66(53(41-81)102-72)105-69-45(35-43(3)82)64(58(90)51(39-79)99-69)103-71-61(93)59(91)57(89)50(38-78)100-71/h45-53,55-72,77-81,84-86,88-95H,5-42H2,1-4H3,(H,75,83)(H,76,87)(H,96,97)/t45-,46+,47-,48+,49-,50-,51-,52-,53-,55-,56-,57+,58+,59+,60-,61-,62-,63-,64-,65-,66+,67?,68-,69+,70-,71+,72+,74+/m1/s1. The molecular formula is C74H134N2O31. The Kier molecular flexibility index (Phi) is 44.5. The molecule has 33 heteroatoms. The molecule has 0 bridgehead atoms. The number of ether oxygens (including phenoxy) is 10. The van der Waals surface area contributed by atoms with Crippen molar-refractivity contribution in [2.75, 3.05) is 39.6 Å². The lowest BCUT2D eigenvalue weighted by Gasteiger charge is -2.52. The Labute approximate surface area is 629 Å². The molecule has 5 aliphatic rings. The van der Waals surface area contributed by atoms with E-state index in [2.05, 4.69) is 24.5 Å². The third kappa shape index (κ3) is 29.4. The van der Waals surface area contributed by atoms with Crippen molar-refractivity contribution in [2.45, 2.75) is 398 Å². The molecule has 1 unspecified atom stereocenters. The fraction of sp³-hybridized carbons (Fsp3) is 0.946. The molecule has 0 radical (unpaired) electrons. The van der Waals surface area contributed by atoms with E-state index in [1.807, 2.05) is 0 Å². The monoisotopic (exact) mass is 1550 g/mol. The van der Waals surface area contributed by atoms with Crippen LogP contribution in [0.4, 0.5) is 0 Å². The number of carboxylic acids is 1. The Morgan fingerprint density at radius 2 is 0.916 bits per heavy atom. The molecule has 0 aromatic carbocycles. The van der Waals surface area contributed by atoms with Crippen molar-refractivity contribution in [2.24, 2.45) is 5.92 Å². The lowest BCUT2D eigenvalue weighted by molar-refractivity contribution is -0.406. The number of carbonyl (C=O) groups excluding carboxylic acids is 3. The molecule has 0 aromatic rings. The maximum Gasteiger partial charge on any atom is 0.364 e. The van der Waals surface area contributed by atoms with Crippen LogP contribution in [0.1, 0.15) is 233 Å². The molecule has 107 heavy (non-hydrogen) atoms. The molecule has 5 fully saturated rings. The highest BCUT2D eigenvalue weighted by Crippen LogP contribution is 2.42. The fourth-order valence-corrected chi connectivity index (χ4v) is 14.9. The zero-order chi connectivity index (χ0) is 78.8. The summed E-state index contributed by atoms with van der Waals surface area (Å²) in [5, 5.41) is 195. The third-order valence-electron chi connectivity index (χ3n) is 21.2. The van der Waals surface area contributed by atoms with E-state index in [0.29, 0.717) is 12.8 Å². The zero-order valence-corrected chi connectivity index (χ0v) is 63.3. The van der Waals surface area contributed by atoms with Crippen molar-refractivity contribution in [3.63, 3.8) is 0 Å². The minimum Gasteiger partial charge on any atom is -0.477 e. The van der Waals surface area contributed by atoms with Crippen LogP contribution >= 0.6 is 0 Å². The Balaban J connectivity index is 1.39. The van der Waals surface area contributed by atoms with E-state index in [0.717, 1.165) is 71.6 Å². The van der Waals surface area contributed by atoms with Crippen LogP contribution in [0.25, 0.3) is 0 Å². The van der Waals surface area contributed by atoms with Gasteiger partial charge in [0, 0.05) is 32.1 Å². The molecular weight excluding hydrogens is 1410 g/mol. The molecule has 5 saturated heterocycles. The van der Waals surface area contributed by atoms with Gasteiger partial charge in [0.2, 0.25) is 11.8 Å². The van der Waals surface area contributed by atoms with Crippen LogP contribution in [-0.2, 0) is 66.5 Å². The number of Topliss-reactive ketones (excluding diaryl/α,β-unsaturated/α-hetero) is 1. The van der Waals surface area contributed by atoms with Crippen molar-refractivity contribution < 1.29 is 153 Å². The molecule has 33 nitrogen and oxygen atoms in total. The van der Waals surface area contributed by atoms with Crippen LogP contribution in [0.3, 0.4) is 0 Å². The van der Waals surface area contributed by atoms with Gasteiger partial charge in [0.05, 0.1) is 70.0 Å². The largest absolute Gasteiger partial charge is 0.477 e. The molecule has 626 valence electrons. The van der Waals surface area contributed by atoms with Crippen molar-refractivity contribution in [1.82, 2.24) is 10.6 Å². The number of hydrogen-bond acceptors (Lipinski definition) is 30. The average Bonchev–Trinajstić information content (AvgIpc) is 0.754. The van der Waals surface area contributed by atoms with Gasteiger partial charge in [-0.05, 0) is 19.8 Å². The summed E-state index contributed by atoms with van der Waals surface area (Å²) < 4.78 is 60.5. The van der Waals surface area contributed by atoms with Gasteiger partial charge in [0.1, 0.15) is 110 Å². The summed E-state index contributed by atoms with van der Waals surface area (Å²) in [5.41, 5.74) is 0. The minimum atomic E-state index is -3.36. The van der Waals surface area contributed by atoms with Crippen molar-refractivity contribution in [3.05, 3.63) is 0 Å². The number of aliphatic hydroxyl groups is 16. The zero-order valence-electron chi connectivity index (χ0n) is 63.3. The second kappa shape index (κ2) is 50.3. The number of hydrogen-bond donors (Lipinski definition) is 19. The van der Waals surface area contributed by atoms with Crippen LogP contribution in [0.2, 0.25) is 0 Å². The number of rotatable bonds is 54. The highest BCUT2D eigenvalue weighted by Gasteiger charge is 2.62. The van der Waals surface area contributed by atoms with Gasteiger partial charge in [0.25, 0.3) is 5.79 Å². The van der Waals surface area contributed by atoms with E-state index >= 15 is 0 Å². The summed E-state index contributed by atoms with van der Waals surface area (Å²) in [6.45, 7) is 0.602. The molecule has 5 aliphatic heterocycles. The number of ketones is 1. The molecule has 0 spiro atoms. The molecule has 5 rings (SSSR count). The Hall–Kier alpha value is -2.96. The number of carboxylic acid groups (broad SMARTS) is 1. The van der Waals surface area contributed by atoms with Gasteiger partial charge in [-0.15, -0.1) is 0 Å². The normalized spacial score (nSPS) is 34.6. The van der Waals surface area contributed by atoms with Gasteiger partial charge in [-0.3, -0.25) is 9.59 Å². The second-order valence-corrected chi connectivity index (χ2v) is 30.0. The Morgan fingerprint density at radius 3 is 1.41 bits per heavy atom. The number of carbonyl (C=O) groups is 4. The van der Waals surface area contributed by atoms with Crippen molar-refractivity contribution >= 4 is 23.6 Å². The summed E-state index contributed by atoms with van der Waals surface area (Å²) in [7, 11) is 0. The number of aliphatic carboxylic acids is 1. The average molecular weight is 1550 g/mol. The first-order valence-corrected chi connectivity index (χ1v) is 39.6. The first-order valence-electron chi connectivity index (χ1n) is 39.6. The Bertz CT molecular complexity index is 2450. The minimum absolute atomic E-state index is 0.162. The lowest BCUT2D eigenvalue weighted by Crippen LogP contribution is -2.71. The van der Waals surface area contributed by atoms with E-state index in [1.165, 1.54) is 109 Å². The summed E-state index contributed by atoms with van der Waals surface area (Å²) in [4.78, 5) is 53.1. The van der Waals surface area contributed by atoms with Crippen LogP contribution < -0.4 is 10.6 Å². The van der Waals surface area contributed by atoms with E-state index in [1.54, 1.807) is 0 Å². The topological polar surface area (TPSA) is 529 Å². The highest BCUT2D eigenvalue weighted by atomic mass is 16.8. The van der Waals surface area contributed by atoms with E-state index in [4.69, 9.17) is 47.4 Å². The first kappa shape index (κ1) is 94.6. The van der Waals surface area contributed by atoms with Crippen molar-refractivity contribution in [3.8, 4) is 0 Å². The SMILES string of the molecule is CCCCCCCCCCCCCCCCCC(=O)N[C@@H](CO[C@@H]1O[C@H](CO)[C@@H](O[C@@H]2O[C@H](CO)[C@H](O[C@@H]3O[C@H](CO)[C@H](O)[C@H](O[C@@H]4O[C@H](CO)[C@H](O)[C@H](O)[C@H]4O)[C@H]3CC(C)=O)[C@H](O[C@]3(C(=O)O)C[C@H](O)[C@@H](NC(C)=O)C([C@H](O)[C@H](O)CO)O3)[C@H]2O)[C@H](O)[C@H]1O)[C@H](O)CCCCCCCCCCCCCCC. The molecule has 0 saturated carbocycles. The van der Waals surface area contributed by atoms with Gasteiger partial charge in [-0.1, -0.05) is 187 Å². The number of amides is 2. The molecule has 5 heterocycles. The Morgan fingerprint density at radius 1 is 0.477 bits per heavy atom. The summed E-state index contributed by atoms with van der Waals surface area (Å²) >= 11 is 0. The summed E-state index contributed by atoms with van der Waals surface area (Å²) in [5.74, 6) is -9.02.